The van der Waals surface area contributed by atoms with Gasteiger partial charge in [-0.3, -0.25) is 0 Å². The Hall–Kier alpha value is -4.24. The fourth-order valence-corrected chi connectivity index (χ4v) is 6.95. The van der Waals surface area contributed by atoms with Gasteiger partial charge in [-0.25, -0.2) is 9.59 Å². The lowest BCUT2D eigenvalue weighted by Crippen LogP contribution is -2.38. The van der Waals surface area contributed by atoms with Gasteiger partial charge in [-0.15, -0.1) is 11.3 Å². The number of nitrogens with zero attached hydrogens (tertiary/aromatic N) is 2. The molecule has 6 rings (SSSR count). The van der Waals surface area contributed by atoms with E-state index in [1.807, 2.05) is 35.4 Å². The average Bonchev–Trinajstić information content (AvgIpc) is 3.54. The number of carboxylic acid groups (broad SMARTS) is 1. The molecular formula is C31H34N4O4S. The molecule has 1 aliphatic carbocycles. The lowest BCUT2D eigenvalue weighted by Gasteiger charge is -2.31. The van der Waals surface area contributed by atoms with Gasteiger partial charge in [0.2, 0.25) is 0 Å². The highest BCUT2D eigenvalue weighted by atomic mass is 32.1. The maximum absolute atomic E-state index is 14.0. The maximum atomic E-state index is 14.0. The summed E-state index contributed by atoms with van der Waals surface area (Å²) in [6.45, 7) is 0.0907. The van der Waals surface area contributed by atoms with E-state index in [-0.39, 0.29) is 19.5 Å². The van der Waals surface area contributed by atoms with Crippen LogP contribution in [-0.2, 0) is 24.2 Å². The zero-order chi connectivity index (χ0) is 26.9. The predicted molar refractivity (Wildman–Crippen MR) is 159 cm³/mol. The Morgan fingerprint density at radius 3 is 2.45 bits per heavy atom. The van der Waals surface area contributed by atoms with Crippen LogP contribution in [0.4, 0.5) is 16.2 Å². The third kappa shape index (κ3) is 5.16. The van der Waals surface area contributed by atoms with Crippen LogP contribution in [0.25, 0.3) is 5.00 Å². The number of nitrogens with one attached hydrogen (secondary N) is 2. The van der Waals surface area contributed by atoms with Gasteiger partial charge >= 0.3 is 12.0 Å². The third-order valence-electron chi connectivity index (χ3n) is 7.42. The van der Waals surface area contributed by atoms with Crippen LogP contribution < -0.4 is 15.4 Å². The Kier molecular flexibility index (Phi) is 7.84. The van der Waals surface area contributed by atoms with Crippen molar-refractivity contribution in [2.75, 3.05) is 24.3 Å². The van der Waals surface area contributed by atoms with Gasteiger partial charge < -0.3 is 29.9 Å². The fourth-order valence-electron chi connectivity index (χ4n) is 5.54. The minimum Gasteiger partial charge on any atom is -0.482 e. The van der Waals surface area contributed by atoms with Gasteiger partial charge in [-0.2, -0.15) is 0 Å². The van der Waals surface area contributed by atoms with Crippen molar-refractivity contribution in [3.63, 3.8) is 0 Å². The van der Waals surface area contributed by atoms with E-state index in [4.69, 9.17) is 9.84 Å². The van der Waals surface area contributed by atoms with E-state index in [9.17, 15) is 9.59 Å². The predicted octanol–water partition coefficient (Wildman–Crippen LogP) is 6.70. The van der Waals surface area contributed by atoms with Crippen molar-refractivity contribution in [2.45, 2.75) is 45.7 Å². The van der Waals surface area contributed by atoms with Gasteiger partial charge in [0, 0.05) is 35.1 Å². The summed E-state index contributed by atoms with van der Waals surface area (Å²) in [5.41, 5.74) is 6.36. The number of rotatable bonds is 6. The number of aliphatic carboxylic acids is 1. The van der Waals surface area contributed by atoms with E-state index in [0.717, 1.165) is 29.8 Å². The number of urea groups is 1. The number of thiophene rings is 1. The van der Waals surface area contributed by atoms with Gasteiger partial charge in [-0.05, 0) is 85.3 Å². The molecule has 0 spiro atoms. The number of aromatic nitrogens is 1. The van der Waals surface area contributed by atoms with E-state index in [1.165, 1.54) is 33.8 Å². The summed E-state index contributed by atoms with van der Waals surface area (Å²) in [6.07, 6.45) is 6.64. The summed E-state index contributed by atoms with van der Waals surface area (Å²) in [5.74, 6) is -0.609. The first kappa shape index (κ1) is 27.3. The van der Waals surface area contributed by atoms with E-state index in [1.54, 1.807) is 24.3 Å². The number of carbonyl (C=O) groups is 2. The van der Waals surface area contributed by atoms with Crippen LogP contribution in [0, 0.1) is 0 Å². The molecule has 0 saturated carbocycles. The smallest absolute Gasteiger partial charge is 0.341 e. The highest BCUT2D eigenvalue weighted by Crippen LogP contribution is 2.44. The van der Waals surface area contributed by atoms with Crippen molar-refractivity contribution >= 4 is 34.7 Å². The summed E-state index contributed by atoms with van der Waals surface area (Å²) in [5, 5.41) is 16.3. The summed E-state index contributed by atoms with van der Waals surface area (Å²) < 4.78 is 7.51. The quantitative estimate of drug-likeness (QED) is 0.245. The molecule has 3 heterocycles. The molecule has 2 aromatic heterocycles. The van der Waals surface area contributed by atoms with Crippen LogP contribution in [-0.4, -0.2) is 40.2 Å². The molecule has 9 heteroatoms. The van der Waals surface area contributed by atoms with Crippen molar-refractivity contribution in [1.82, 2.24) is 9.47 Å². The van der Waals surface area contributed by atoms with E-state index < -0.39 is 12.6 Å². The van der Waals surface area contributed by atoms with Gasteiger partial charge in [0.15, 0.2) is 6.61 Å². The molecule has 4 aromatic rings. The van der Waals surface area contributed by atoms with Crippen molar-refractivity contribution in [3.8, 4) is 10.8 Å². The normalized spacial score (nSPS) is 15.5. The minimum atomic E-state index is -1.04. The molecule has 2 amide bonds. The lowest BCUT2D eigenvalue weighted by molar-refractivity contribution is -0.139. The molecule has 8 nitrogen and oxygen atoms in total. The lowest BCUT2D eigenvalue weighted by atomic mass is 9.95. The van der Waals surface area contributed by atoms with Crippen molar-refractivity contribution < 1.29 is 19.4 Å². The van der Waals surface area contributed by atoms with Gasteiger partial charge in [0.25, 0.3) is 0 Å². The summed E-state index contributed by atoms with van der Waals surface area (Å²) in [6, 6.07) is 18.7. The maximum Gasteiger partial charge on any atom is 0.341 e. The first-order valence-corrected chi connectivity index (χ1v) is 13.9. The van der Waals surface area contributed by atoms with Crippen molar-refractivity contribution in [1.29, 1.82) is 0 Å². The number of carboxylic acids is 1. The molecule has 1 aliphatic heterocycles. The van der Waals surface area contributed by atoms with Gasteiger partial charge in [0.1, 0.15) is 10.8 Å². The van der Waals surface area contributed by atoms with Crippen molar-refractivity contribution in [2.24, 2.45) is 0 Å². The molecule has 2 aromatic carbocycles. The standard InChI is InChI=1S/C30H30N4O4S.CH4/c1-31-20-10-8-19(9-11-20)28-25-6-4-16-33(25)29-24(23-5-2-3-7-26(23)39-29)17-34(28)30(37)32-21-12-14-22(15-13-21)38-18-27(35)36;/h4,6,8-16,28,31H,2-3,5,7,17-18H2,1H3,(H,32,37)(H,35,36);1H4. The Balaban J connectivity index is 0.00000323. The number of aryl methyl sites for hydroxylation is 1. The largest absolute Gasteiger partial charge is 0.482 e. The fraction of sp³-hybridized carbons (Fsp3) is 0.290. The average molecular weight is 559 g/mol. The molecule has 0 saturated heterocycles. The summed E-state index contributed by atoms with van der Waals surface area (Å²) in [7, 11) is 1.89. The number of benzene rings is 2. The number of hydrogen-bond donors (Lipinski definition) is 3. The zero-order valence-electron chi connectivity index (χ0n) is 21.6. The monoisotopic (exact) mass is 558 g/mol. The topological polar surface area (TPSA) is 95.8 Å². The first-order valence-electron chi connectivity index (χ1n) is 13.1. The SMILES string of the molecule is C.CNc1ccc(C2c3cccn3-c3sc4c(c3CN2C(=O)Nc2ccc(OCC(=O)O)cc2)CCCC4)cc1. The van der Waals surface area contributed by atoms with Crippen LogP contribution in [0.1, 0.15) is 53.6 Å². The molecular weight excluding hydrogens is 524 g/mol. The number of hydrogen-bond acceptors (Lipinski definition) is 5. The molecule has 3 N–H and O–H groups in total. The Morgan fingerprint density at radius 2 is 1.73 bits per heavy atom. The Bertz CT molecular complexity index is 1510. The van der Waals surface area contributed by atoms with Crippen LogP contribution >= 0.6 is 11.3 Å². The second kappa shape index (κ2) is 11.5. The second-order valence-corrected chi connectivity index (χ2v) is 10.9. The molecule has 0 bridgehead atoms. The molecule has 1 unspecified atom stereocenters. The van der Waals surface area contributed by atoms with E-state index in [2.05, 4.69) is 45.7 Å². The molecule has 0 fully saturated rings. The second-order valence-electron chi connectivity index (χ2n) is 9.84. The summed E-state index contributed by atoms with van der Waals surface area (Å²) >= 11 is 1.87. The molecule has 40 heavy (non-hydrogen) atoms. The third-order valence-corrected chi connectivity index (χ3v) is 8.76. The van der Waals surface area contributed by atoms with E-state index >= 15 is 0 Å². The zero-order valence-corrected chi connectivity index (χ0v) is 22.5. The summed E-state index contributed by atoms with van der Waals surface area (Å²) in [4.78, 5) is 28.2. The Morgan fingerprint density at radius 1 is 1.00 bits per heavy atom. The van der Waals surface area contributed by atoms with Crippen LogP contribution in [0.15, 0.2) is 66.9 Å². The molecule has 1 atom stereocenters. The van der Waals surface area contributed by atoms with Gasteiger partial charge in [-0.1, -0.05) is 19.6 Å². The van der Waals surface area contributed by atoms with Crippen LogP contribution in [0.5, 0.6) is 5.75 Å². The highest BCUT2D eigenvalue weighted by Gasteiger charge is 2.36. The minimum absolute atomic E-state index is 0. The number of carbonyl (C=O) groups excluding carboxylic acids is 1. The van der Waals surface area contributed by atoms with Crippen molar-refractivity contribution in [3.05, 3.63) is 94.1 Å². The van der Waals surface area contributed by atoms with Gasteiger partial charge in [0.05, 0.1) is 18.3 Å². The molecule has 0 radical (unpaired) electrons. The number of amides is 2. The van der Waals surface area contributed by atoms with Crippen LogP contribution in [0.2, 0.25) is 0 Å². The Labute approximate surface area is 238 Å². The van der Waals surface area contributed by atoms with Crippen LogP contribution in [0.3, 0.4) is 0 Å². The first-order chi connectivity index (χ1) is 19.0. The number of ether oxygens (including phenoxy) is 1. The number of anilines is 2. The highest BCUT2D eigenvalue weighted by molar-refractivity contribution is 7.15. The number of fused-ring (bicyclic) bond motifs is 5. The molecule has 208 valence electrons. The molecule has 2 aliphatic rings. The van der Waals surface area contributed by atoms with E-state index in [0.29, 0.717) is 18.0 Å².